The Hall–Kier alpha value is -1.14. The van der Waals surface area contributed by atoms with Gasteiger partial charge < -0.3 is 19.5 Å². The van der Waals surface area contributed by atoms with Crippen LogP contribution in [0.25, 0.3) is 0 Å². The van der Waals surface area contributed by atoms with Crippen LogP contribution < -0.4 is 0 Å². The third kappa shape index (κ3) is 38.9. The summed E-state index contributed by atoms with van der Waals surface area (Å²) in [5, 5.41) is 9.56. The van der Waals surface area contributed by atoms with Crippen LogP contribution >= 0.6 is 0 Å². The third-order valence-electron chi connectivity index (χ3n) is 11.0. The van der Waals surface area contributed by atoms with Gasteiger partial charge in [0, 0.05) is 19.4 Å². The van der Waals surface area contributed by atoms with Crippen LogP contribution in [0.15, 0.2) is 0 Å². The highest BCUT2D eigenvalue weighted by atomic mass is 16.5. The molecule has 6 nitrogen and oxygen atoms in total. The molecule has 316 valence electrons. The Balaban J connectivity index is 3.93. The maximum Gasteiger partial charge on any atom is 0.306 e. The van der Waals surface area contributed by atoms with E-state index in [0.717, 1.165) is 83.8 Å². The minimum atomic E-state index is -0.0290. The zero-order chi connectivity index (χ0) is 38.9. The maximum atomic E-state index is 12.7. The third-order valence-corrected chi connectivity index (χ3v) is 11.0. The molecule has 0 bridgehead atoms. The summed E-state index contributed by atoms with van der Waals surface area (Å²) in [5.41, 5.74) is 0. The Morgan fingerprint density at radius 3 is 1.19 bits per heavy atom. The van der Waals surface area contributed by atoms with E-state index in [4.69, 9.17) is 9.47 Å². The SMILES string of the molecule is CCCCCCCCC(CCCCCCCC)OC(=O)CCCCCCCCCN(CCO)CCCCCCCC(=O)O[C@H](C)CCCCCCCC. The molecule has 53 heavy (non-hydrogen) atoms. The Labute approximate surface area is 331 Å². The van der Waals surface area contributed by atoms with Gasteiger partial charge in [0.15, 0.2) is 0 Å². The van der Waals surface area contributed by atoms with Gasteiger partial charge in [-0.05, 0) is 84.2 Å². The molecule has 0 saturated heterocycles. The van der Waals surface area contributed by atoms with E-state index in [9.17, 15) is 14.7 Å². The topological polar surface area (TPSA) is 76.1 Å². The van der Waals surface area contributed by atoms with Crippen molar-refractivity contribution in [2.45, 2.75) is 265 Å². The molecule has 1 N–H and O–H groups in total. The van der Waals surface area contributed by atoms with Crippen LogP contribution in [0.1, 0.15) is 252 Å². The monoisotopic (exact) mass is 752 g/mol. The summed E-state index contributed by atoms with van der Waals surface area (Å²) in [4.78, 5) is 27.3. The summed E-state index contributed by atoms with van der Waals surface area (Å²) in [6, 6.07) is 0. The van der Waals surface area contributed by atoms with E-state index in [0.29, 0.717) is 12.8 Å². The van der Waals surface area contributed by atoms with Crippen molar-refractivity contribution < 1.29 is 24.2 Å². The van der Waals surface area contributed by atoms with Crippen molar-refractivity contribution in [1.29, 1.82) is 0 Å². The smallest absolute Gasteiger partial charge is 0.306 e. The van der Waals surface area contributed by atoms with Gasteiger partial charge in [0.25, 0.3) is 0 Å². The van der Waals surface area contributed by atoms with Crippen molar-refractivity contribution in [3.05, 3.63) is 0 Å². The molecule has 0 aromatic carbocycles. The molecule has 0 radical (unpaired) electrons. The predicted molar refractivity (Wildman–Crippen MR) is 228 cm³/mol. The van der Waals surface area contributed by atoms with E-state index >= 15 is 0 Å². The van der Waals surface area contributed by atoms with Crippen LogP contribution in [-0.2, 0) is 19.1 Å². The van der Waals surface area contributed by atoms with Crippen LogP contribution in [0, 0.1) is 0 Å². The predicted octanol–water partition coefficient (Wildman–Crippen LogP) is 13.8. The molecule has 0 aromatic rings. The standard InChI is InChI=1S/C47H93NO5/c1-5-8-11-14-21-28-35-44(4)52-46(50)38-31-25-20-27-34-41-48(42-43-49)40-33-26-19-17-18-24-32-39-47(51)53-45(36-29-22-15-12-9-6-2)37-30-23-16-13-10-7-3/h44-45,49H,5-43H2,1-4H3/t44-/m1/s1. The fraction of sp³-hybridized carbons (Fsp3) is 0.957. The molecule has 0 aliphatic carbocycles. The first-order chi connectivity index (χ1) is 26.0. The first kappa shape index (κ1) is 51.9. The minimum Gasteiger partial charge on any atom is -0.463 e. The molecule has 0 aliphatic heterocycles. The molecule has 0 fully saturated rings. The lowest BCUT2D eigenvalue weighted by atomic mass is 10.0. The number of ether oxygens (including phenoxy) is 2. The molecule has 0 saturated carbocycles. The summed E-state index contributed by atoms with van der Waals surface area (Å²) < 4.78 is 11.6. The van der Waals surface area contributed by atoms with Gasteiger partial charge in [0.1, 0.15) is 6.10 Å². The summed E-state index contributed by atoms with van der Waals surface area (Å²) >= 11 is 0. The second-order valence-corrected chi connectivity index (χ2v) is 16.4. The highest BCUT2D eigenvalue weighted by Crippen LogP contribution is 2.19. The Kier molecular flexibility index (Phi) is 41.1. The van der Waals surface area contributed by atoms with Crippen molar-refractivity contribution in [2.24, 2.45) is 0 Å². The van der Waals surface area contributed by atoms with Crippen molar-refractivity contribution in [3.8, 4) is 0 Å². The summed E-state index contributed by atoms with van der Waals surface area (Å²) in [6.45, 7) is 11.9. The van der Waals surface area contributed by atoms with Crippen molar-refractivity contribution in [2.75, 3.05) is 26.2 Å². The van der Waals surface area contributed by atoms with Gasteiger partial charge in [-0.15, -0.1) is 0 Å². The maximum absolute atomic E-state index is 12.7. The molecule has 6 heteroatoms. The zero-order valence-electron chi connectivity index (χ0n) is 36.3. The molecule has 0 amide bonds. The number of hydrogen-bond acceptors (Lipinski definition) is 6. The van der Waals surface area contributed by atoms with E-state index in [1.807, 2.05) is 6.92 Å². The molecule has 0 unspecified atom stereocenters. The van der Waals surface area contributed by atoms with Crippen LogP contribution in [0.4, 0.5) is 0 Å². The average Bonchev–Trinajstić information content (AvgIpc) is 3.14. The number of aliphatic hydroxyl groups excluding tert-OH is 1. The lowest BCUT2D eigenvalue weighted by Gasteiger charge is -2.21. The summed E-state index contributed by atoms with van der Waals surface area (Å²) in [5.74, 6) is -0.00154. The number of carbonyl (C=O) groups excluding carboxylic acids is 2. The fourth-order valence-electron chi connectivity index (χ4n) is 7.47. The van der Waals surface area contributed by atoms with Crippen molar-refractivity contribution in [3.63, 3.8) is 0 Å². The summed E-state index contributed by atoms with van der Waals surface area (Å²) in [6.07, 6.45) is 41.1. The molecule has 0 rings (SSSR count). The fourth-order valence-corrected chi connectivity index (χ4v) is 7.47. The van der Waals surface area contributed by atoms with Gasteiger partial charge in [-0.1, -0.05) is 168 Å². The number of rotatable bonds is 43. The number of unbranched alkanes of at least 4 members (excludes halogenated alkanes) is 25. The number of hydrogen-bond donors (Lipinski definition) is 1. The van der Waals surface area contributed by atoms with E-state index < -0.39 is 0 Å². The second kappa shape index (κ2) is 42.0. The highest BCUT2D eigenvalue weighted by Gasteiger charge is 2.14. The van der Waals surface area contributed by atoms with E-state index in [-0.39, 0.29) is 30.8 Å². The van der Waals surface area contributed by atoms with Gasteiger partial charge in [0.05, 0.1) is 12.7 Å². The normalized spacial score (nSPS) is 12.2. The van der Waals surface area contributed by atoms with E-state index in [1.165, 1.54) is 148 Å². The van der Waals surface area contributed by atoms with Crippen molar-refractivity contribution >= 4 is 11.9 Å². The van der Waals surface area contributed by atoms with Crippen LogP contribution in [0.5, 0.6) is 0 Å². The average molecular weight is 752 g/mol. The molecular formula is C47H93NO5. The zero-order valence-corrected chi connectivity index (χ0v) is 36.3. The van der Waals surface area contributed by atoms with Crippen molar-refractivity contribution in [1.82, 2.24) is 4.90 Å². The first-order valence-corrected chi connectivity index (χ1v) is 23.7. The Morgan fingerprint density at radius 1 is 0.434 bits per heavy atom. The van der Waals surface area contributed by atoms with Crippen LogP contribution in [0.2, 0.25) is 0 Å². The number of aliphatic hydroxyl groups is 1. The lowest BCUT2D eigenvalue weighted by molar-refractivity contribution is -0.150. The van der Waals surface area contributed by atoms with Gasteiger partial charge in [0.2, 0.25) is 0 Å². The highest BCUT2D eigenvalue weighted by molar-refractivity contribution is 5.69. The Bertz CT molecular complexity index is 745. The second-order valence-electron chi connectivity index (χ2n) is 16.4. The van der Waals surface area contributed by atoms with Gasteiger partial charge in [-0.3, -0.25) is 9.59 Å². The molecular weight excluding hydrogens is 659 g/mol. The molecule has 1 atom stereocenters. The quantitative estimate of drug-likeness (QED) is 0.0494. The van der Waals surface area contributed by atoms with Gasteiger partial charge >= 0.3 is 11.9 Å². The lowest BCUT2D eigenvalue weighted by Crippen LogP contribution is -2.29. The number of nitrogens with zero attached hydrogens (tertiary/aromatic N) is 1. The van der Waals surface area contributed by atoms with Crippen LogP contribution in [0.3, 0.4) is 0 Å². The van der Waals surface area contributed by atoms with Gasteiger partial charge in [-0.25, -0.2) is 0 Å². The Morgan fingerprint density at radius 2 is 0.774 bits per heavy atom. The van der Waals surface area contributed by atoms with E-state index in [2.05, 4.69) is 25.7 Å². The molecule has 0 heterocycles. The number of carbonyl (C=O) groups is 2. The molecule has 0 aromatic heterocycles. The summed E-state index contributed by atoms with van der Waals surface area (Å²) in [7, 11) is 0. The first-order valence-electron chi connectivity index (χ1n) is 23.7. The van der Waals surface area contributed by atoms with Gasteiger partial charge in [-0.2, -0.15) is 0 Å². The minimum absolute atomic E-state index is 0.0275. The molecule has 0 spiro atoms. The largest absolute Gasteiger partial charge is 0.463 e. The number of esters is 2. The van der Waals surface area contributed by atoms with E-state index in [1.54, 1.807) is 0 Å². The molecule has 0 aliphatic rings. The van der Waals surface area contributed by atoms with Crippen LogP contribution in [-0.4, -0.2) is 60.4 Å².